The van der Waals surface area contributed by atoms with Gasteiger partial charge in [0.15, 0.2) is 0 Å². The largest absolute Gasteiger partial charge is 0.444 e. The van der Waals surface area contributed by atoms with Gasteiger partial charge in [0.1, 0.15) is 12.0 Å². The molecule has 0 aliphatic heterocycles. The van der Waals surface area contributed by atoms with Crippen LogP contribution in [0.2, 0.25) is 0 Å². The average molecular weight is 186 g/mol. The second-order valence-corrected chi connectivity index (χ2v) is 3.03. The predicted molar refractivity (Wildman–Crippen MR) is 54.4 cm³/mol. The number of hydrogen-bond donors (Lipinski definition) is 0. The van der Waals surface area contributed by atoms with Crippen molar-refractivity contribution < 1.29 is 4.42 Å². The predicted octanol–water partition coefficient (Wildman–Crippen LogP) is 2.77. The van der Waals surface area contributed by atoms with E-state index < -0.39 is 0 Å². The van der Waals surface area contributed by atoms with Gasteiger partial charge in [-0.15, -0.1) is 0 Å². The molecule has 0 radical (unpaired) electrons. The molecule has 0 saturated heterocycles. The van der Waals surface area contributed by atoms with Gasteiger partial charge in [-0.25, -0.2) is 4.98 Å². The van der Waals surface area contributed by atoms with Gasteiger partial charge in [0, 0.05) is 11.8 Å². The molecular formula is C11H10N2O. The highest BCUT2D eigenvalue weighted by molar-refractivity contribution is 5.58. The summed E-state index contributed by atoms with van der Waals surface area (Å²) in [6.45, 7) is 5.61. The van der Waals surface area contributed by atoms with Gasteiger partial charge in [-0.3, -0.25) is 4.98 Å². The van der Waals surface area contributed by atoms with Crippen molar-refractivity contribution in [3.05, 3.63) is 43.1 Å². The van der Waals surface area contributed by atoms with E-state index in [0.717, 1.165) is 17.0 Å². The summed E-state index contributed by atoms with van der Waals surface area (Å²) >= 11 is 0. The average Bonchev–Trinajstić information content (AvgIpc) is 2.68. The minimum absolute atomic E-state index is 0.561. The number of pyridine rings is 1. The monoisotopic (exact) mass is 186 g/mol. The molecule has 3 heteroatoms. The molecule has 70 valence electrons. The first kappa shape index (κ1) is 8.69. The van der Waals surface area contributed by atoms with Crippen molar-refractivity contribution in [2.24, 2.45) is 0 Å². The van der Waals surface area contributed by atoms with Gasteiger partial charge in [0.05, 0.1) is 5.69 Å². The van der Waals surface area contributed by atoms with E-state index in [2.05, 4.69) is 16.5 Å². The molecule has 2 heterocycles. The van der Waals surface area contributed by atoms with Crippen molar-refractivity contribution in [3.63, 3.8) is 0 Å². The number of nitrogens with zero attached hydrogens (tertiary/aromatic N) is 2. The lowest BCUT2D eigenvalue weighted by molar-refractivity contribution is 0.542. The Morgan fingerprint density at radius 2 is 2.21 bits per heavy atom. The smallest absolute Gasteiger partial charge is 0.221 e. The summed E-state index contributed by atoms with van der Waals surface area (Å²) in [5.74, 6) is 0.561. The zero-order chi connectivity index (χ0) is 9.97. The number of aromatic nitrogens is 2. The van der Waals surface area contributed by atoms with Crippen molar-refractivity contribution in [2.75, 3.05) is 0 Å². The van der Waals surface area contributed by atoms with E-state index in [9.17, 15) is 0 Å². The third-order valence-corrected chi connectivity index (χ3v) is 1.80. The third kappa shape index (κ3) is 1.57. The Bertz CT molecular complexity index is 445. The van der Waals surface area contributed by atoms with Crippen LogP contribution in [0, 0.1) is 0 Å². The molecule has 0 aromatic carbocycles. The first-order chi connectivity index (χ1) is 6.77. The van der Waals surface area contributed by atoms with E-state index >= 15 is 0 Å². The molecule has 3 nitrogen and oxygen atoms in total. The summed E-state index contributed by atoms with van der Waals surface area (Å²) in [4.78, 5) is 8.42. The number of allylic oxidation sites excluding steroid dienone is 1. The lowest BCUT2D eigenvalue weighted by Gasteiger charge is -1.91. The Kier molecular flexibility index (Phi) is 2.14. The highest BCUT2D eigenvalue weighted by Crippen LogP contribution is 2.18. The van der Waals surface area contributed by atoms with Gasteiger partial charge in [0.2, 0.25) is 5.89 Å². The second-order valence-electron chi connectivity index (χ2n) is 3.03. The maximum absolute atomic E-state index is 5.23. The molecule has 0 spiro atoms. The first-order valence-corrected chi connectivity index (χ1v) is 4.30. The fraction of sp³-hybridized carbons (Fsp3) is 0.0909. The Hall–Kier alpha value is -1.90. The Morgan fingerprint density at radius 1 is 1.36 bits per heavy atom. The number of oxazole rings is 1. The van der Waals surface area contributed by atoms with Gasteiger partial charge < -0.3 is 4.42 Å². The number of rotatable bonds is 2. The Labute approximate surface area is 82.1 Å². The highest BCUT2D eigenvalue weighted by atomic mass is 16.3. The molecule has 0 bridgehead atoms. The topological polar surface area (TPSA) is 38.9 Å². The van der Waals surface area contributed by atoms with Crippen LogP contribution in [0.3, 0.4) is 0 Å². The summed E-state index contributed by atoms with van der Waals surface area (Å²) in [6.07, 6.45) is 3.32. The van der Waals surface area contributed by atoms with E-state index in [1.54, 1.807) is 12.5 Å². The van der Waals surface area contributed by atoms with Gasteiger partial charge in [-0.2, -0.15) is 0 Å². The Morgan fingerprint density at radius 3 is 2.79 bits per heavy atom. The summed E-state index contributed by atoms with van der Waals surface area (Å²) in [5, 5.41) is 0. The molecule has 14 heavy (non-hydrogen) atoms. The van der Waals surface area contributed by atoms with E-state index in [1.807, 2.05) is 25.1 Å². The van der Waals surface area contributed by atoms with Crippen LogP contribution in [0.25, 0.3) is 17.0 Å². The van der Waals surface area contributed by atoms with Crippen LogP contribution in [0.15, 0.2) is 41.7 Å². The van der Waals surface area contributed by atoms with Crippen LogP contribution >= 0.6 is 0 Å². The van der Waals surface area contributed by atoms with Crippen LogP contribution in [0.1, 0.15) is 12.8 Å². The maximum atomic E-state index is 5.23. The highest BCUT2D eigenvalue weighted by Gasteiger charge is 2.06. The molecule has 0 saturated carbocycles. The molecule has 2 rings (SSSR count). The van der Waals surface area contributed by atoms with Crippen LogP contribution in [0.5, 0.6) is 0 Å². The third-order valence-electron chi connectivity index (χ3n) is 1.80. The SMILES string of the molecule is C=C(C)c1nc(-c2ccccn2)co1. The lowest BCUT2D eigenvalue weighted by atomic mass is 10.3. The van der Waals surface area contributed by atoms with Gasteiger partial charge in [0.25, 0.3) is 0 Å². The number of hydrogen-bond acceptors (Lipinski definition) is 3. The van der Waals surface area contributed by atoms with Gasteiger partial charge in [-0.05, 0) is 19.1 Å². The van der Waals surface area contributed by atoms with Crippen molar-refractivity contribution in [1.82, 2.24) is 9.97 Å². The minimum atomic E-state index is 0.561. The molecular weight excluding hydrogens is 176 g/mol. The van der Waals surface area contributed by atoms with Crippen LogP contribution in [-0.4, -0.2) is 9.97 Å². The van der Waals surface area contributed by atoms with Crippen LogP contribution in [0.4, 0.5) is 0 Å². The molecule has 0 unspecified atom stereocenters. The summed E-state index contributed by atoms with van der Waals surface area (Å²) in [5.41, 5.74) is 2.36. The van der Waals surface area contributed by atoms with E-state index in [1.165, 1.54) is 0 Å². The fourth-order valence-corrected chi connectivity index (χ4v) is 1.10. The van der Waals surface area contributed by atoms with Gasteiger partial charge >= 0.3 is 0 Å². The van der Waals surface area contributed by atoms with Crippen molar-refractivity contribution in [1.29, 1.82) is 0 Å². The molecule has 0 aliphatic rings. The molecule has 2 aromatic heterocycles. The van der Waals surface area contributed by atoms with E-state index in [4.69, 9.17) is 4.42 Å². The summed E-state index contributed by atoms with van der Waals surface area (Å²) < 4.78 is 5.23. The zero-order valence-corrected chi connectivity index (χ0v) is 7.90. The molecule has 0 atom stereocenters. The molecule has 0 fully saturated rings. The van der Waals surface area contributed by atoms with Crippen LogP contribution in [-0.2, 0) is 0 Å². The molecule has 0 N–H and O–H groups in total. The van der Waals surface area contributed by atoms with Crippen molar-refractivity contribution in [2.45, 2.75) is 6.92 Å². The normalized spacial score (nSPS) is 10.1. The van der Waals surface area contributed by atoms with E-state index in [0.29, 0.717) is 5.89 Å². The quantitative estimate of drug-likeness (QED) is 0.723. The molecule has 0 amide bonds. The van der Waals surface area contributed by atoms with Crippen LogP contribution < -0.4 is 0 Å². The van der Waals surface area contributed by atoms with Crippen molar-refractivity contribution >= 4 is 5.57 Å². The summed E-state index contributed by atoms with van der Waals surface area (Å²) in [6, 6.07) is 5.67. The second kappa shape index (κ2) is 3.46. The van der Waals surface area contributed by atoms with Gasteiger partial charge in [-0.1, -0.05) is 12.6 Å². The molecule has 2 aromatic rings. The standard InChI is InChI=1S/C11H10N2O/c1-8(2)11-13-10(7-14-11)9-5-3-4-6-12-9/h3-7H,1H2,2H3. The minimum Gasteiger partial charge on any atom is -0.444 e. The van der Waals surface area contributed by atoms with Crippen molar-refractivity contribution in [3.8, 4) is 11.4 Å². The maximum Gasteiger partial charge on any atom is 0.221 e. The fourth-order valence-electron chi connectivity index (χ4n) is 1.10. The molecule has 0 aliphatic carbocycles. The zero-order valence-electron chi connectivity index (χ0n) is 7.90. The Balaban J connectivity index is 2.39. The first-order valence-electron chi connectivity index (χ1n) is 4.30. The van der Waals surface area contributed by atoms with E-state index in [-0.39, 0.29) is 0 Å². The summed E-state index contributed by atoms with van der Waals surface area (Å²) in [7, 11) is 0. The lowest BCUT2D eigenvalue weighted by Crippen LogP contribution is -1.82.